The summed E-state index contributed by atoms with van der Waals surface area (Å²) >= 11 is 0. The van der Waals surface area contributed by atoms with E-state index in [1.165, 1.54) is 83.5 Å². The van der Waals surface area contributed by atoms with E-state index in [2.05, 4.69) is 267 Å². The number of anilines is 3. The zero-order valence-electron chi connectivity index (χ0n) is 36.6. The third kappa shape index (κ3) is 5.93. The third-order valence-corrected chi connectivity index (χ3v) is 14.2. The molecule has 0 saturated heterocycles. The van der Waals surface area contributed by atoms with Gasteiger partial charge in [-0.2, -0.15) is 0 Å². The predicted molar refractivity (Wildman–Crippen MR) is 272 cm³/mol. The summed E-state index contributed by atoms with van der Waals surface area (Å²) in [6, 6.07) is 92.1. The summed E-state index contributed by atoms with van der Waals surface area (Å²) in [7, 11) is 0. The quantitative estimate of drug-likeness (QED) is 0.147. The Morgan fingerprint density at radius 1 is 0.292 bits per heavy atom. The molecule has 0 fully saturated rings. The van der Waals surface area contributed by atoms with E-state index in [4.69, 9.17) is 0 Å². The van der Waals surface area contributed by atoms with Gasteiger partial charge in [0, 0.05) is 22.2 Å². The first-order valence-corrected chi connectivity index (χ1v) is 22.8. The smallest absolute Gasteiger partial charge is 0.0714 e. The molecule has 308 valence electrons. The van der Waals surface area contributed by atoms with E-state index in [0.29, 0.717) is 0 Å². The molecule has 0 radical (unpaired) electrons. The molecule has 0 atom stereocenters. The molecule has 0 aromatic heterocycles. The van der Waals surface area contributed by atoms with Gasteiger partial charge in [-0.3, -0.25) is 0 Å². The van der Waals surface area contributed by atoms with Crippen molar-refractivity contribution in [3.8, 4) is 55.6 Å². The van der Waals surface area contributed by atoms with Gasteiger partial charge in [-0.25, -0.2) is 0 Å². The lowest BCUT2D eigenvalue weighted by Gasteiger charge is -2.35. The minimum atomic E-state index is -0.537. The second kappa shape index (κ2) is 15.4. The predicted octanol–water partition coefficient (Wildman–Crippen LogP) is 16.8. The first kappa shape index (κ1) is 38.7. The van der Waals surface area contributed by atoms with Gasteiger partial charge in [0.1, 0.15) is 0 Å². The minimum Gasteiger partial charge on any atom is -0.309 e. The zero-order valence-corrected chi connectivity index (χ0v) is 36.6. The number of nitrogens with zero attached hydrogens (tertiary/aromatic N) is 1. The Labute approximate surface area is 382 Å². The Bertz CT molecular complexity index is 3360. The summed E-state index contributed by atoms with van der Waals surface area (Å²) in [6.07, 6.45) is 0. The molecular formula is C64H47N. The molecule has 0 heterocycles. The molecular weight excluding hydrogens is 783 g/mol. The average Bonchev–Trinajstić information content (AvgIpc) is 3.81. The molecule has 10 aromatic rings. The van der Waals surface area contributed by atoms with Crippen LogP contribution in [0.4, 0.5) is 17.1 Å². The van der Waals surface area contributed by atoms with Crippen LogP contribution >= 0.6 is 0 Å². The standard InChI is InChI=1S/C64H47N/c1-63(2)56-36-19-16-33-52(56)53-42-41-47(43-59(53)63)65(60-39-21-18-34-54(60)51-32-15-14-31-50(51)49-30-13-12-29-48(49)44-23-6-3-7-24-44)61-40-22-38-58-62(61)55-35-17-20-37-57(55)64(58,45-25-8-4-9-26-45)46-27-10-5-11-28-46/h3-43H,1-2H3. The highest BCUT2D eigenvalue weighted by Crippen LogP contribution is 2.60. The Morgan fingerprint density at radius 2 is 0.738 bits per heavy atom. The monoisotopic (exact) mass is 829 g/mol. The molecule has 0 saturated carbocycles. The molecule has 0 unspecified atom stereocenters. The Hall–Kier alpha value is -8.00. The Kier molecular flexibility index (Phi) is 9.14. The number of para-hydroxylation sites is 1. The van der Waals surface area contributed by atoms with E-state index >= 15 is 0 Å². The van der Waals surface area contributed by atoms with Crippen molar-refractivity contribution in [2.45, 2.75) is 24.7 Å². The molecule has 1 nitrogen and oxygen atoms in total. The Balaban J connectivity index is 1.15. The summed E-state index contributed by atoms with van der Waals surface area (Å²) in [6.45, 7) is 4.76. The SMILES string of the molecule is CC1(C)c2ccccc2-c2ccc(N(c3ccccc3-c3ccccc3-c3ccccc3-c3ccccc3)c3cccc4c3-c3ccccc3C4(c3ccccc3)c3ccccc3)cc21. The fraction of sp³-hybridized carbons (Fsp3) is 0.0625. The van der Waals surface area contributed by atoms with Crippen LogP contribution in [-0.4, -0.2) is 0 Å². The maximum atomic E-state index is 2.57. The van der Waals surface area contributed by atoms with E-state index in [9.17, 15) is 0 Å². The highest BCUT2D eigenvalue weighted by atomic mass is 15.1. The second-order valence-corrected chi connectivity index (χ2v) is 17.9. The summed E-state index contributed by atoms with van der Waals surface area (Å²) < 4.78 is 0. The number of hydrogen-bond acceptors (Lipinski definition) is 1. The van der Waals surface area contributed by atoms with Crippen molar-refractivity contribution in [1.82, 2.24) is 0 Å². The van der Waals surface area contributed by atoms with Crippen LogP contribution in [0.2, 0.25) is 0 Å². The molecule has 0 N–H and O–H groups in total. The van der Waals surface area contributed by atoms with Crippen molar-refractivity contribution in [3.05, 3.63) is 282 Å². The van der Waals surface area contributed by atoms with Gasteiger partial charge in [-0.05, 0) is 102 Å². The summed E-state index contributed by atoms with van der Waals surface area (Å²) in [5.41, 5.74) is 22.8. The van der Waals surface area contributed by atoms with Crippen molar-refractivity contribution in [2.24, 2.45) is 0 Å². The van der Waals surface area contributed by atoms with Crippen molar-refractivity contribution < 1.29 is 0 Å². The summed E-state index contributed by atoms with van der Waals surface area (Å²) in [5.74, 6) is 0. The molecule has 0 amide bonds. The first-order valence-electron chi connectivity index (χ1n) is 22.8. The summed E-state index contributed by atoms with van der Waals surface area (Å²) in [5, 5.41) is 0. The fourth-order valence-corrected chi connectivity index (χ4v) is 11.3. The van der Waals surface area contributed by atoms with Crippen LogP contribution in [0.15, 0.2) is 249 Å². The van der Waals surface area contributed by atoms with Crippen molar-refractivity contribution in [1.29, 1.82) is 0 Å². The lowest BCUT2D eigenvalue weighted by atomic mass is 9.68. The molecule has 0 aliphatic heterocycles. The normalized spacial score (nSPS) is 13.6. The van der Waals surface area contributed by atoms with Crippen LogP contribution in [-0.2, 0) is 10.8 Å². The van der Waals surface area contributed by atoms with Gasteiger partial charge in [-0.1, -0.05) is 238 Å². The van der Waals surface area contributed by atoms with Crippen molar-refractivity contribution >= 4 is 17.1 Å². The molecule has 2 aliphatic rings. The molecule has 12 rings (SSSR count). The van der Waals surface area contributed by atoms with Crippen LogP contribution < -0.4 is 4.90 Å². The van der Waals surface area contributed by atoms with E-state index in [0.717, 1.165) is 22.6 Å². The highest BCUT2D eigenvalue weighted by Gasteiger charge is 2.47. The molecule has 65 heavy (non-hydrogen) atoms. The zero-order chi connectivity index (χ0) is 43.5. The van der Waals surface area contributed by atoms with Crippen LogP contribution in [0.5, 0.6) is 0 Å². The van der Waals surface area contributed by atoms with E-state index in [1.807, 2.05) is 0 Å². The average molecular weight is 830 g/mol. The van der Waals surface area contributed by atoms with Gasteiger partial charge in [-0.15, -0.1) is 0 Å². The van der Waals surface area contributed by atoms with Crippen LogP contribution in [0.3, 0.4) is 0 Å². The second-order valence-electron chi connectivity index (χ2n) is 17.9. The van der Waals surface area contributed by atoms with Gasteiger partial charge in [0.2, 0.25) is 0 Å². The van der Waals surface area contributed by atoms with Crippen LogP contribution in [0.1, 0.15) is 47.2 Å². The van der Waals surface area contributed by atoms with E-state index in [-0.39, 0.29) is 5.41 Å². The topological polar surface area (TPSA) is 3.24 Å². The van der Waals surface area contributed by atoms with Crippen LogP contribution in [0, 0.1) is 0 Å². The molecule has 1 heteroatoms. The van der Waals surface area contributed by atoms with Crippen molar-refractivity contribution in [2.75, 3.05) is 4.90 Å². The largest absolute Gasteiger partial charge is 0.309 e. The fourth-order valence-electron chi connectivity index (χ4n) is 11.3. The van der Waals surface area contributed by atoms with Gasteiger partial charge in [0.05, 0.1) is 16.8 Å². The first-order chi connectivity index (χ1) is 32.0. The summed E-state index contributed by atoms with van der Waals surface area (Å²) in [4.78, 5) is 2.57. The van der Waals surface area contributed by atoms with E-state index in [1.54, 1.807) is 0 Å². The maximum Gasteiger partial charge on any atom is 0.0714 e. The van der Waals surface area contributed by atoms with Gasteiger partial charge >= 0.3 is 0 Å². The van der Waals surface area contributed by atoms with Gasteiger partial charge in [0.15, 0.2) is 0 Å². The highest BCUT2D eigenvalue weighted by molar-refractivity contribution is 6.02. The lowest BCUT2D eigenvalue weighted by molar-refractivity contribution is 0.660. The third-order valence-electron chi connectivity index (χ3n) is 14.2. The minimum absolute atomic E-state index is 0.179. The van der Waals surface area contributed by atoms with Crippen molar-refractivity contribution in [3.63, 3.8) is 0 Å². The van der Waals surface area contributed by atoms with Gasteiger partial charge in [0.25, 0.3) is 0 Å². The Morgan fingerprint density at radius 3 is 1.40 bits per heavy atom. The van der Waals surface area contributed by atoms with E-state index < -0.39 is 5.41 Å². The number of hydrogen-bond donors (Lipinski definition) is 0. The maximum absolute atomic E-state index is 2.57. The molecule has 0 spiro atoms. The number of rotatable bonds is 8. The molecule has 0 bridgehead atoms. The van der Waals surface area contributed by atoms with Gasteiger partial charge < -0.3 is 4.90 Å². The molecule has 2 aliphatic carbocycles. The number of benzene rings is 10. The number of fused-ring (bicyclic) bond motifs is 6. The molecule has 10 aromatic carbocycles. The lowest BCUT2D eigenvalue weighted by Crippen LogP contribution is -2.28. The van der Waals surface area contributed by atoms with Crippen LogP contribution in [0.25, 0.3) is 55.6 Å².